The molecule has 1 atom stereocenters. The van der Waals surface area contributed by atoms with E-state index in [0.717, 1.165) is 167 Å². The summed E-state index contributed by atoms with van der Waals surface area (Å²) in [5.74, 6) is -0.995. The first-order valence-corrected chi connectivity index (χ1v) is 32.3. The molecule has 0 aromatic rings. The van der Waals surface area contributed by atoms with Crippen LogP contribution in [-0.2, 0) is 28.6 Å². The molecule has 0 bridgehead atoms. The van der Waals surface area contributed by atoms with E-state index in [2.05, 4.69) is 203 Å². The summed E-state index contributed by atoms with van der Waals surface area (Å²) >= 11 is 0. The second kappa shape index (κ2) is 67.0. The highest BCUT2D eigenvalue weighted by molar-refractivity contribution is 5.71. The fourth-order valence-electron chi connectivity index (χ4n) is 8.17. The Morgan fingerprint density at radius 2 is 0.444 bits per heavy atom. The smallest absolute Gasteiger partial charge is 0.306 e. The van der Waals surface area contributed by atoms with Gasteiger partial charge in [0.05, 0.1) is 0 Å². The van der Waals surface area contributed by atoms with Gasteiger partial charge in [0.2, 0.25) is 0 Å². The van der Waals surface area contributed by atoms with Crippen molar-refractivity contribution < 1.29 is 28.6 Å². The molecule has 0 spiro atoms. The van der Waals surface area contributed by atoms with E-state index in [9.17, 15) is 14.4 Å². The molecule has 0 aromatic heterocycles. The van der Waals surface area contributed by atoms with Gasteiger partial charge in [-0.3, -0.25) is 14.4 Å². The van der Waals surface area contributed by atoms with Crippen molar-refractivity contribution in [1.29, 1.82) is 0 Å². The van der Waals surface area contributed by atoms with Gasteiger partial charge in [-0.25, -0.2) is 0 Å². The van der Waals surface area contributed by atoms with Gasteiger partial charge in [-0.1, -0.05) is 261 Å². The normalized spacial score (nSPS) is 13.4. The molecular formula is C75H116O6. The number of carbonyl (C=O) groups is 3. The molecule has 0 aromatic carbocycles. The molecule has 0 radical (unpaired) electrons. The lowest BCUT2D eigenvalue weighted by molar-refractivity contribution is -0.167. The summed E-state index contributed by atoms with van der Waals surface area (Å²) < 4.78 is 16.9. The highest BCUT2D eigenvalue weighted by atomic mass is 16.6. The second-order valence-electron chi connectivity index (χ2n) is 20.5. The van der Waals surface area contributed by atoms with Crippen molar-refractivity contribution in [3.8, 4) is 0 Å². The summed E-state index contributed by atoms with van der Waals surface area (Å²) in [5.41, 5.74) is 0. The van der Waals surface area contributed by atoms with Gasteiger partial charge in [-0.05, 0) is 154 Å². The number of carbonyl (C=O) groups excluding carboxylic acids is 3. The maximum absolute atomic E-state index is 12.9. The van der Waals surface area contributed by atoms with Crippen molar-refractivity contribution in [1.82, 2.24) is 0 Å². The molecular weight excluding hydrogens is 997 g/mol. The molecule has 0 aliphatic carbocycles. The van der Waals surface area contributed by atoms with E-state index in [1.807, 2.05) is 0 Å². The molecule has 452 valence electrons. The van der Waals surface area contributed by atoms with E-state index in [0.29, 0.717) is 19.3 Å². The lowest BCUT2D eigenvalue weighted by atomic mass is 10.1. The molecule has 0 N–H and O–H groups in total. The minimum Gasteiger partial charge on any atom is -0.462 e. The summed E-state index contributed by atoms with van der Waals surface area (Å²) in [5, 5.41) is 0. The number of ether oxygens (including phenoxy) is 3. The van der Waals surface area contributed by atoms with Gasteiger partial charge in [0, 0.05) is 19.3 Å². The molecule has 0 fully saturated rings. The fourth-order valence-corrected chi connectivity index (χ4v) is 8.17. The van der Waals surface area contributed by atoms with Gasteiger partial charge in [0.25, 0.3) is 0 Å². The number of hydrogen-bond donors (Lipinski definition) is 0. The van der Waals surface area contributed by atoms with Gasteiger partial charge < -0.3 is 14.2 Å². The van der Waals surface area contributed by atoms with Crippen molar-refractivity contribution in [2.75, 3.05) is 13.2 Å². The van der Waals surface area contributed by atoms with Crippen molar-refractivity contribution in [3.05, 3.63) is 182 Å². The van der Waals surface area contributed by atoms with Crippen molar-refractivity contribution in [2.24, 2.45) is 0 Å². The average molecular weight is 1110 g/mol. The number of allylic oxidation sites excluding steroid dienone is 30. The third-order valence-corrected chi connectivity index (χ3v) is 12.9. The molecule has 0 saturated carbocycles. The summed E-state index contributed by atoms with van der Waals surface area (Å²) in [7, 11) is 0. The molecule has 6 nitrogen and oxygen atoms in total. The topological polar surface area (TPSA) is 78.9 Å². The van der Waals surface area contributed by atoms with Crippen LogP contribution in [0.15, 0.2) is 182 Å². The minimum absolute atomic E-state index is 0.114. The average Bonchev–Trinajstić information content (AvgIpc) is 3.47. The van der Waals surface area contributed by atoms with Crippen LogP contribution in [-0.4, -0.2) is 37.2 Å². The lowest BCUT2D eigenvalue weighted by Gasteiger charge is -2.18. The van der Waals surface area contributed by atoms with Gasteiger partial charge >= 0.3 is 17.9 Å². The van der Waals surface area contributed by atoms with Crippen molar-refractivity contribution in [2.45, 2.75) is 258 Å². The first-order valence-electron chi connectivity index (χ1n) is 32.3. The molecule has 0 heterocycles. The van der Waals surface area contributed by atoms with Crippen LogP contribution in [0.2, 0.25) is 0 Å². The standard InChI is InChI=1S/C75H116O6/c1-4-7-10-13-16-19-22-25-28-30-32-34-36-37-39-40-42-44-47-50-53-56-59-62-65-68-74(77)80-71-72(70-79-73(76)67-64-61-58-55-52-49-46-27-24-21-18-15-12-9-6-3)81-75(78)69-66-63-60-57-54-51-48-45-43-41-38-35-33-31-29-26-23-20-17-14-11-8-5-2/h7-12,16-21,25-29,32-35,37,39,41,43,46,48,51-52,55,72H,4-6,13-15,22-24,30-31,36,38,40,42,44-45,47,49-50,53-54,56-71H2,1-3H3/b10-7-,11-8-,12-9-,19-16-,20-17-,21-18-,28-25-,29-26-,34-32-,35-33-,39-37-,43-41-,46-27-,51-48-,55-52-. The molecule has 0 saturated heterocycles. The van der Waals surface area contributed by atoms with E-state index < -0.39 is 6.10 Å². The zero-order valence-corrected chi connectivity index (χ0v) is 51.7. The fraction of sp³-hybridized carbons (Fsp3) is 0.560. The van der Waals surface area contributed by atoms with E-state index in [1.54, 1.807) is 0 Å². The lowest BCUT2D eigenvalue weighted by Crippen LogP contribution is -2.30. The van der Waals surface area contributed by atoms with Gasteiger partial charge in [-0.2, -0.15) is 0 Å². The molecule has 0 aliphatic heterocycles. The Kier molecular flexibility index (Phi) is 62.5. The number of esters is 3. The van der Waals surface area contributed by atoms with Crippen LogP contribution in [0.25, 0.3) is 0 Å². The second-order valence-corrected chi connectivity index (χ2v) is 20.5. The first-order chi connectivity index (χ1) is 40.0. The Hall–Kier alpha value is -5.49. The van der Waals surface area contributed by atoms with Crippen LogP contribution in [0.4, 0.5) is 0 Å². The van der Waals surface area contributed by atoms with Crippen LogP contribution in [0.5, 0.6) is 0 Å². The minimum atomic E-state index is -0.824. The van der Waals surface area contributed by atoms with Crippen molar-refractivity contribution in [3.63, 3.8) is 0 Å². The van der Waals surface area contributed by atoms with Crippen LogP contribution in [0.1, 0.15) is 252 Å². The SMILES string of the molecule is CC/C=C\C/C=C\C/C=C\C/C=C\C/C=C\C/C=C\CCCCCCC(=O)OC(COC(=O)CCCC/C=C\C/C=C\C/C=C\C/C=C\CC)COC(=O)CCCCCCCCCCC/C=C\C/C=C\C/C=C\C/C=C\C/C=C\CC. The maximum Gasteiger partial charge on any atom is 0.306 e. The zero-order chi connectivity index (χ0) is 58.5. The van der Waals surface area contributed by atoms with Crippen molar-refractivity contribution >= 4 is 17.9 Å². The first kappa shape index (κ1) is 75.5. The molecule has 0 amide bonds. The van der Waals surface area contributed by atoms with E-state index >= 15 is 0 Å². The van der Waals surface area contributed by atoms with E-state index in [-0.39, 0.29) is 37.5 Å². The third kappa shape index (κ3) is 65.2. The number of rotatable bonds is 56. The van der Waals surface area contributed by atoms with Crippen LogP contribution in [0.3, 0.4) is 0 Å². The van der Waals surface area contributed by atoms with E-state index in [1.165, 1.54) is 38.5 Å². The summed E-state index contributed by atoms with van der Waals surface area (Å²) in [4.78, 5) is 38.4. The van der Waals surface area contributed by atoms with Crippen LogP contribution < -0.4 is 0 Å². The summed E-state index contributed by atoms with van der Waals surface area (Å²) in [6.45, 7) is 6.23. The summed E-state index contributed by atoms with van der Waals surface area (Å²) in [6.07, 6.45) is 100. The highest BCUT2D eigenvalue weighted by Gasteiger charge is 2.19. The predicted octanol–water partition coefficient (Wildman–Crippen LogP) is 22.4. The predicted molar refractivity (Wildman–Crippen MR) is 352 cm³/mol. The molecule has 0 rings (SSSR count). The molecule has 6 heteroatoms. The molecule has 1 unspecified atom stereocenters. The Bertz CT molecular complexity index is 1900. The van der Waals surface area contributed by atoms with Crippen LogP contribution >= 0.6 is 0 Å². The van der Waals surface area contributed by atoms with E-state index in [4.69, 9.17) is 14.2 Å². The quantitative estimate of drug-likeness (QED) is 0.0261. The molecule has 81 heavy (non-hydrogen) atoms. The van der Waals surface area contributed by atoms with Gasteiger partial charge in [0.1, 0.15) is 13.2 Å². The Morgan fingerprint density at radius 1 is 0.247 bits per heavy atom. The zero-order valence-electron chi connectivity index (χ0n) is 51.7. The molecule has 0 aliphatic rings. The third-order valence-electron chi connectivity index (χ3n) is 12.9. The highest BCUT2D eigenvalue weighted by Crippen LogP contribution is 2.14. The largest absolute Gasteiger partial charge is 0.462 e. The summed E-state index contributed by atoms with van der Waals surface area (Å²) in [6, 6.07) is 0. The Labute approximate surface area is 497 Å². The number of unbranched alkanes of at least 4 members (excludes halogenated alkanes) is 15. The van der Waals surface area contributed by atoms with Crippen LogP contribution in [0, 0.1) is 0 Å². The Morgan fingerprint density at radius 3 is 0.716 bits per heavy atom. The maximum atomic E-state index is 12.9. The monoisotopic (exact) mass is 1110 g/mol. The van der Waals surface area contributed by atoms with Gasteiger partial charge in [-0.15, -0.1) is 0 Å². The number of hydrogen-bond acceptors (Lipinski definition) is 6. The Balaban J connectivity index is 4.50. The van der Waals surface area contributed by atoms with Gasteiger partial charge in [0.15, 0.2) is 6.10 Å².